The Hall–Kier alpha value is -0.240. The summed E-state index contributed by atoms with van der Waals surface area (Å²) in [5.41, 5.74) is 0. The highest BCUT2D eigenvalue weighted by molar-refractivity contribution is 6.18. The molecule has 108 valence electrons. The van der Waals surface area contributed by atoms with E-state index >= 15 is 0 Å². The summed E-state index contributed by atoms with van der Waals surface area (Å²) >= 11 is 5.76. The van der Waals surface area contributed by atoms with E-state index in [9.17, 15) is 4.79 Å². The molecule has 0 aromatic carbocycles. The lowest BCUT2D eigenvalue weighted by atomic mass is 10.0. The van der Waals surface area contributed by atoms with Crippen molar-refractivity contribution in [3.8, 4) is 0 Å². The molecule has 1 N–H and O–H groups in total. The molecule has 0 bridgehead atoms. The first-order valence-electron chi connectivity index (χ1n) is 7.44. The Morgan fingerprint density at radius 2 is 1.39 bits per heavy atom. The molecule has 0 rings (SSSR count). The van der Waals surface area contributed by atoms with E-state index in [0.29, 0.717) is 12.3 Å². The molecule has 0 saturated heterocycles. The third-order valence-corrected chi connectivity index (χ3v) is 3.88. The van der Waals surface area contributed by atoms with Gasteiger partial charge in [-0.2, -0.15) is 0 Å². The second-order valence-corrected chi connectivity index (χ2v) is 5.68. The van der Waals surface area contributed by atoms with Crippen LogP contribution in [0, 0.1) is 5.92 Å². The summed E-state index contributed by atoms with van der Waals surface area (Å²) in [6.07, 6.45) is 12.6. The van der Waals surface area contributed by atoms with Gasteiger partial charge in [0.05, 0.1) is 0 Å². The SMILES string of the molecule is CC(CCl)CCCCCCCCCCCC(=O)O. The highest BCUT2D eigenvalue weighted by Crippen LogP contribution is 2.14. The van der Waals surface area contributed by atoms with E-state index in [4.69, 9.17) is 16.7 Å². The molecule has 0 aromatic rings. The quantitative estimate of drug-likeness (QED) is 0.369. The van der Waals surface area contributed by atoms with Gasteiger partial charge in [-0.25, -0.2) is 0 Å². The van der Waals surface area contributed by atoms with Crippen LogP contribution in [-0.2, 0) is 4.79 Å². The van der Waals surface area contributed by atoms with Gasteiger partial charge in [-0.3, -0.25) is 4.79 Å². The minimum absolute atomic E-state index is 0.332. The van der Waals surface area contributed by atoms with Gasteiger partial charge in [0.1, 0.15) is 0 Å². The maximum Gasteiger partial charge on any atom is 0.303 e. The number of carbonyl (C=O) groups is 1. The summed E-state index contributed by atoms with van der Waals surface area (Å²) in [6.45, 7) is 2.21. The molecule has 3 heteroatoms. The number of halogens is 1. The Kier molecular flexibility index (Phi) is 13.0. The molecule has 1 atom stereocenters. The molecule has 2 nitrogen and oxygen atoms in total. The number of unbranched alkanes of at least 4 members (excludes halogenated alkanes) is 8. The lowest BCUT2D eigenvalue weighted by molar-refractivity contribution is -0.137. The highest BCUT2D eigenvalue weighted by Gasteiger charge is 1.99. The Labute approximate surface area is 117 Å². The Morgan fingerprint density at radius 1 is 0.944 bits per heavy atom. The summed E-state index contributed by atoms with van der Waals surface area (Å²) in [4.78, 5) is 10.3. The van der Waals surface area contributed by atoms with Gasteiger partial charge in [-0.05, 0) is 18.8 Å². The maximum atomic E-state index is 10.3. The first-order chi connectivity index (χ1) is 8.66. The van der Waals surface area contributed by atoms with Crippen molar-refractivity contribution in [1.29, 1.82) is 0 Å². The number of hydrogen-bond acceptors (Lipinski definition) is 1. The first-order valence-corrected chi connectivity index (χ1v) is 7.98. The predicted octanol–water partition coefficient (Wildman–Crippen LogP) is 5.24. The fourth-order valence-corrected chi connectivity index (χ4v) is 2.24. The highest BCUT2D eigenvalue weighted by atomic mass is 35.5. The van der Waals surface area contributed by atoms with Crippen molar-refractivity contribution in [3.05, 3.63) is 0 Å². The molecule has 0 fully saturated rings. The molecule has 1 unspecified atom stereocenters. The van der Waals surface area contributed by atoms with Crippen molar-refractivity contribution >= 4 is 17.6 Å². The number of hydrogen-bond donors (Lipinski definition) is 1. The van der Waals surface area contributed by atoms with Crippen molar-refractivity contribution in [2.24, 2.45) is 5.92 Å². The molecule has 0 aromatic heterocycles. The van der Waals surface area contributed by atoms with E-state index < -0.39 is 5.97 Å². The average Bonchev–Trinajstić information content (AvgIpc) is 2.35. The molecular weight excluding hydrogens is 248 g/mol. The summed E-state index contributed by atoms with van der Waals surface area (Å²) in [7, 11) is 0. The molecule has 0 aliphatic rings. The van der Waals surface area contributed by atoms with Gasteiger partial charge in [0.25, 0.3) is 0 Å². The molecular formula is C15H29ClO2. The van der Waals surface area contributed by atoms with Crippen molar-refractivity contribution in [3.63, 3.8) is 0 Å². The molecule has 18 heavy (non-hydrogen) atoms. The number of aliphatic carboxylic acids is 1. The molecule has 0 aliphatic carbocycles. The van der Waals surface area contributed by atoms with Crippen molar-refractivity contribution in [2.45, 2.75) is 77.6 Å². The summed E-state index contributed by atoms with van der Waals surface area (Å²) < 4.78 is 0. The second kappa shape index (κ2) is 13.2. The molecule has 0 heterocycles. The number of alkyl halides is 1. The van der Waals surface area contributed by atoms with E-state index in [1.807, 2.05) is 0 Å². The fraction of sp³-hybridized carbons (Fsp3) is 0.933. The zero-order valence-corrected chi connectivity index (χ0v) is 12.6. The zero-order chi connectivity index (χ0) is 13.6. The molecule has 0 spiro atoms. The Bertz CT molecular complexity index is 195. The van der Waals surface area contributed by atoms with E-state index in [1.165, 1.54) is 51.4 Å². The first kappa shape index (κ1) is 17.8. The van der Waals surface area contributed by atoms with Crippen LogP contribution >= 0.6 is 11.6 Å². The standard InChI is InChI=1S/C15H29ClO2/c1-14(13-16)11-9-7-5-3-2-4-6-8-10-12-15(17)18/h14H,2-13H2,1H3,(H,17,18). The van der Waals surface area contributed by atoms with Crippen LogP contribution in [0.4, 0.5) is 0 Å². The van der Waals surface area contributed by atoms with Crippen LogP contribution in [0.1, 0.15) is 77.6 Å². The van der Waals surface area contributed by atoms with Crippen LogP contribution in [0.3, 0.4) is 0 Å². The molecule has 0 saturated carbocycles. The van der Waals surface area contributed by atoms with E-state index in [0.717, 1.165) is 18.7 Å². The van der Waals surface area contributed by atoms with Crippen LogP contribution in [0.2, 0.25) is 0 Å². The van der Waals surface area contributed by atoms with Crippen molar-refractivity contribution < 1.29 is 9.90 Å². The lowest BCUT2D eigenvalue weighted by Crippen LogP contribution is -1.95. The summed E-state index contributed by atoms with van der Waals surface area (Å²) in [6, 6.07) is 0. The van der Waals surface area contributed by atoms with Gasteiger partial charge in [0, 0.05) is 12.3 Å². The van der Waals surface area contributed by atoms with Crippen LogP contribution in [0.5, 0.6) is 0 Å². The lowest BCUT2D eigenvalue weighted by Gasteiger charge is -2.06. The van der Waals surface area contributed by atoms with Crippen LogP contribution in [0.15, 0.2) is 0 Å². The van der Waals surface area contributed by atoms with Crippen molar-refractivity contribution in [2.75, 3.05) is 5.88 Å². The summed E-state index contributed by atoms with van der Waals surface area (Å²) in [5, 5.41) is 8.49. The maximum absolute atomic E-state index is 10.3. The van der Waals surface area contributed by atoms with Crippen LogP contribution in [0.25, 0.3) is 0 Å². The van der Waals surface area contributed by atoms with Gasteiger partial charge in [0.15, 0.2) is 0 Å². The van der Waals surface area contributed by atoms with Crippen molar-refractivity contribution in [1.82, 2.24) is 0 Å². The van der Waals surface area contributed by atoms with Gasteiger partial charge >= 0.3 is 5.97 Å². The third-order valence-electron chi connectivity index (χ3n) is 3.35. The van der Waals surface area contributed by atoms with Gasteiger partial charge in [0.2, 0.25) is 0 Å². The average molecular weight is 277 g/mol. The smallest absolute Gasteiger partial charge is 0.303 e. The minimum atomic E-state index is -0.666. The molecule has 0 aliphatic heterocycles. The fourth-order valence-electron chi connectivity index (χ4n) is 2.08. The number of carboxylic acid groups (broad SMARTS) is 1. The number of carboxylic acids is 1. The van der Waals surface area contributed by atoms with Gasteiger partial charge in [-0.15, -0.1) is 11.6 Å². The van der Waals surface area contributed by atoms with Gasteiger partial charge in [-0.1, -0.05) is 58.3 Å². The Balaban J connectivity index is 3.01. The van der Waals surface area contributed by atoms with Crippen LogP contribution in [-0.4, -0.2) is 17.0 Å². The number of rotatable bonds is 13. The second-order valence-electron chi connectivity index (χ2n) is 5.37. The summed E-state index contributed by atoms with van der Waals surface area (Å²) in [5.74, 6) is 0.790. The van der Waals surface area contributed by atoms with Gasteiger partial charge < -0.3 is 5.11 Å². The van der Waals surface area contributed by atoms with E-state index in [-0.39, 0.29) is 0 Å². The zero-order valence-electron chi connectivity index (χ0n) is 11.8. The third kappa shape index (κ3) is 13.8. The minimum Gasteiger partial charge on any atom is -0.481 e. The predicted molar refractivity (Wildman–Crippen MR) is 78.3 cm³/mol. The van der Waals surface area contributed by atoms with Crippen LogP contribution < -0.4 is 0 Å². The topological polar surface area (TPSA) is 37.3 Å². The molecule has 0 amide bonds. The normalized spacial score (nSPS) is 12.6. The Morgan fingerprint density at radius 3 is 1.83 bits per heavy atom. The largest absolute Gasteiger partial charge is 0.481 e. The van der Waals surface area contributed by atoms with E-state index in [2.05, 4.69) is 6.92 Å². The van der Waals surface area contributed by atoms with E-state index in [1.54, 1.807) is 0 Å². The monoisotopic (exact) mass is 276 g/mol. The molecule has 0 radical (unpaired) electrons.